The van der Waals surface area contributed by atoms with Crippen molar-refractivity contribution in [3.63, 3.8) is 0 Å². The van der Waals surface area contributed by atoms with Crippen LogP contribution < -0.4 is 15.4 Å². The van der Waals surface area contributed by atoms with Crippen molar-refractivity contribution in [2.45, 2.75) is 38.5 Å². The van der Waals surface area contributed by atoms with Gasteiger partial charge >= 0.3 is 0 Å². The smallest absolute Gasteiger partial charge is 0.234 e. The van der Waals surface area contributed by atoms with Crippen molar-refractivity contribution in [1.82, 2.24) is 20.1 Å². The number of nitrogens with one attached hydrogen (secondary N) is 2. The third-order valence-corrected chi connectivity index (χ3v) is 5.68. The number of benzene rings is 2. The van der Waals surface area contributed by atoms with Gasteiger partial charge in [0.25, 0.3) is 0 Å². The van der Waals surface area contributed by atoms with E-state index >= 15 is 0 Å². The van der Waals surface area contributed by atoms with E-state index in [0.29, 0.717) is 17.5 Å². The van der Waals surface area contributed by atoms with Gasteiger partial charge in [-0.3, -0.25) is 9.59 Å². The third kappa shape index (κ3) is 6.58. The van der Waals surface area contributed by atoms with E-state index in [2.05, 4.69) is 20.8 Å². The number of aryl methyl sites for hydroxylation is 1. The number of aromatic nitrogens is 3. The summed E-state index contributed by atoms with van der Waals surface area (Å²) < 4.78 is 7.03. The zero-order valence-electron chi connectivity index (χ0n) is 18.4. The summed E-state index contributed by atoms with van der Waals surface area (Å²) in [6, 6.07) is 15.0. The van der Waals surface area contributed by atoms with Crippen molar-refractivity contribution in [2.24, 2.45) is 0 Å². The Bertz CT molecular complexity index is 1070. The van der Waals surface area contributed by atoms with Gasteiger partial charge in [-0.2, -0.15) is 0 Å². The van der Waals surface area contributed by atoms with Crippen LogP contribution in [0, 0.1) is 6.92 Å². The van der Waals surface area contributed by atoms with E-state index in [1.807, 2.05) is 66.9 Å². The average Bonchev–Trinajstić information content (AvgIpc) is 3.18. The molecule has 3 aromatic rings. The second-order valence-corrected chi connectivity index (χ2v) is 8.09. The topological polar surface area (TPSA) is 98.1 Å². The molecule has 0 atom stereocenters. The molecule has 0 bridgehead atoms. The van der Waals surface area contributed by atoms with Crippen LogP contribution in [0.2, 0.25) is 0 Å². The van der Waals surface area contributed by atoms with Crippen LogP contribution in [0.1, 0.15) is 23.9 Å². The Morgan fingerprint density at radius 1 is 1.09 bits per heavy atom. The van der Waals surface area contributed by atoms with E-state index in [-0.39, 0.29) is 30.5 Å². The molecular formula is C23H27N5O3S. The molecule has 168 valence electrons. The quantitative estimate of drug-likeness (QED) is 0.458. The normalized spacial score (nSPS) is 10.6. The van der Waals surface area contributed by atoms with E-state index in [4.69, 9.17) is 4.74 Å². The lowest BCUT2D eigenvalue weighted by atomic mass is 10.1. The molecule has 2 aromatic carbocycles. The van der Waals surface area contributed by atoms with Crippen molar-refractivity contribution >= 4 is 29.3 Å². The lowest BCUT2D eigenvalue weighted by Crippen LogP contribution is -2.26. The molecule has 2 N–H and O–H groups in total. The molecule has 1 aromatic heterocycles. The molecule has 2 amide bonds. The van der Waals surface area contributed by atoms with Gasteiger partial charge in [-0.25, -0.2) is 0 Å². The molecule has 0 aliphatic carbocycles. The predicted molar refractivity (Wildman–Crippen MR) is 125 cm³/mol. The fourth-order valence-corrected chi connectivity index (χ4v) is 3.91. The lowest BCUT2D eigenvalue weighted by Gasteiger charge is -2.09. The fraction of sp³-hybridized carbons (Fsp3) is 0.304. The molecule has 32 heavy (non-hydrogen) atoms. The van der Waals surface area contributed by atoms with Gasteiger partial charge in [0.05, 0.1) is 25.8 Å². The van der Waals surface area contributed by atoms with Crippen molar-refractivity contribution in [3.05, 3.63) is 65.5 Å². The molecule has 0 fully saturated rings. The molecule has 0 radical (unpaired) electrons. The molecule has 0 saturated heterocycles. The predicted octanol–water partition coefficient (Wildman–Crippen LogP) is 3.20. The van der Waals surface area contributed by atoms with Crippen LogP contribution >= 0.6 is 11.8 Å². The number of anilines is 1. The summed E-state index contributed by atoms with van der Waals surface area (Å²) in [5, 5.41) is 14.8. The highest BCUT2D eigenvalue weighted by molar-refractivity contribution is 7.99. The summed E-state index contributed by atoms with van der Waals surface area (Å²) in [6.45, 7) is 4.86. The average molecular weight is 454 g/mol. The van der Waals surface area contributed by atoms with Crippen LogP contribution in [0.25, 0.3) is 0 Å². The molecule has 8 nitrogen and oxygen atoms in total. The highest BCUT2D eigenvalue weighted by Gasteiger charge is 2.14. The van der Waals surface area contributed by atoms with Gasteiger partial charge in [-0.05, 0) is 49.2 Å². The number of nitrogens with zero attached hydrogens (tertiary/aromatic N) is 3. The number of thioether (sulfide) groups is 1. The standard InChI is InChI=1S/C23H27N5O3S/c1-4-28-20(14-24-21(29)13-17-8-10-19(31-3)11-9-17)26-27-23(28)32-15-22(30)25-18-7-5-6-16(2)12-18/h5-12H,4,13-15H2,1-3H3,(H,24,29)(H,25,30). The Kier molecular flexibility index (Phi) is 8.27. The maximum absolute atomic E-state index is 12.3. The lowest BCUT2D eigenvalue weighted by molar-refractivity contribution is -0.120. The Balaban J connectivity index is 1.51. The Hall–Kier alpha value is -3.33. The minimum Gasteiger partial charge on any atom is -0.497 e. The van der Waals surface area contributed by atoms with Gasteiger partial charge in [-0.1, -0.05) is 36.0 Å². The number of hydrogen-bond acceptors (Lipinski definition) is 6. The van der Waals surface area contributed by atoms with Crippen LogP contribution in [0.4, 0.5) is 5.69 Å². The molecule has 1 heterocycles. The molecule has 0 unspecified atom stereocenters. The van der Waals surface area contributed by atoms with E-state index in [9.17, 15) is 9.59 Å². The van der Waals surface area contributed by atoms with Crippen LogP contribution in [-0.4, -0.2) is 39.4 Å². The van der Waals surface area contributed by atoms with Gasteiger partial charge in [0, 0.05) is 12.2 Å². The molecule has 9 heteroatoms. The summed E-state index contributed by atoms with van der Waals surface area (Å²) >= 11 is 1.32. The van der Waals surface area contributed by atoms with Crippen LogP contribution in [0.3, 0.4) is 0 Å². The number of carbonyl (C=O) groups excluding carboxylic acids is 2. The fourth-order valence-electron chi connectivity index (χ4n) is 3.09. The van der Waals surface area contributed by atoms with Gasteiger partial charge in [0.15, 0.2) is 11.0 Å². The molecule has 0 saturated carbocycles. The minimum atomic E-state index is -0.111. The first-order valence-corrected chi connectivity index (χ1v) is 11.3. The SMILES string of the molecule is CCn1c(CNC(=O)Cc2ccc(OC)cc2)nnc1SCC(=O)Nc1cccc(C)c1. The number of carbonyl (C=O) groups is 2. The first kappa shape index (κ1) is 23.3. The van der Waals surface area contributed by atoms with Gasteiger partial charge in [0.2, 0.25) is 11.8 Å². The second-order valence-electron chi connectivity index (χ2n) is 7.15. The molecule has 0 spiro atoms. The van der Waals surface area contributed by atoms with Crippen molar-refractivity contribution in [1.29, 1.82) is 0 Å². The highest BCUT2D eigenvalue weighted by Crippen LogP contribution is 2.18. The van der Waals surface area contributed by atoms with Crippen molar-refractivity contribution in [2.75, 3.05) is 18.2 Å². The Morgan fingerprint density at radius 2 is 1.88 bits per heavy atom. The summed E-state index contributed by atoms with van der Waals surface area (Å²) in [6.07, 6.45) is 0.269. The Morgan fingerprint density at radius 3 is 2.56 bits per heavy atom. The number of amides is 2. The number of methoxy groups -OCH3 is 1. The van der Waals surface area contributed by atoms with Gasteiger partial charge in [-0.15, -0.1) is 10.2 Å². The Labute approximate surface area is 191 Å². The first-order chi connectivity index (χ1) is 15.5. The zero-order chi connectivity index (χ0) is 22.9. The summed E-state index contributed by atoms with van der Waals surface area (Å²) in [7, 11) is 1.61. The first-order valence-electron chi connectivity index (χ1n) is 10.3. The molecule has 0 aliphatic rings. The van der Waals surface area contributed by atoms with E-state index in [0.717, 1.165) is 22.6 Å². The molecular weight excluding hydrogens is 426 g/mol. The maximum Gasteiger partial charge on any atom is 0.234 e. The van der Waals surface area contributed by atoms with Crippen molar-refractivity contribution < 1.29 is 14.3 Å². The third-order valence-electron chi connectivity index (χ3n) is 4.71. The second kappa shape index (κ2) is 11.3. The van der Waals surface area contributed by atoms with E-state index < -0.39 is 0 Å². The summed E-state index contributed by atoms with van der Waals surface area (Å²) in [5.74, 6) is 1.41. The van der Waals surface area contributed by atoms with Crippen molar-refractivity contribution in [3.8, 4) is 5.75 Å². The largest absolute Gasteiger partial charge is 0.497 e. The van der Waals surface area contributed by atoms with Crippen LogP contribution in [0.15, 0.2) is 53.7 Å². The summed E-state index contributed by atoms with van der Waals surface area (Å²) in [5.41, 5.74) is 2.75. The van der Waals surface area contributed by atoms with E-state index in [1.54, 1.807) is 7.11 Å². The maximum atomic E-state index is 12.3. The van der Waals surface area contributed by atoms with Crippen LogP contribution in [-0.2, 0) is 29.1 Å². The van der Waals surface area contributed by atoms with Gasteiger partial charge < -0.3 is 19.9 Å². The number of rotatable bonds is 10. The van der Waals surface area contributed by atoms with Crippen LogP contribution in [0.5, 0.6) is 5.75 Å². The van der Waals surface area contributed by atoms with Gasteiger partial charge in [0.1, 0.15) is 5.75 Å². The minimum absolute atomic E-state index is 0.104. The number of ether oxygens (including phenoxy) is 1. The monoisotopic (exact) mass is 453 g/mol. The summed E-state index contributed by atoms with van der Waals surface area (Å²) in [4.78, 5) is 24.6. The molecule has 3 rings (SSSR count). The molecule has 0 aliphatic heterocycles. The highest BCUT2D eigenvalue weighted by atomic mass is 32.2. The zero-order valence-corrected chi connectivity index (χ0v) is 19.2. The number of hydrogen-bond donors (Lipinski definition) is 2. The van der Waals surface area contributed by atoms with E-state index in [1.165, 1.54) is 11.8 Å².